The summed E-state index contributed by atoms with van der Waals surface area (Å²) in [4.78, 5) is 5.89. The van der Waals surface area contributed by atoms with E-state index in [-0.39, 0.29) is 13.0 Å². The fourth-order valence-corrected chi connectivity index (χ4v) is 4.46. The molecule has 0 aromatic heterocycles. The molecule has 6 nitrogen and oxygen atoms in total. The number of thioether (sulfide) groups is 1. The Morgan fingerprint density at radius 1 is 1.17 bits per heavy atom. The van der Waals surface area contributed by atoms with E-state index in [2.05, 4.69) is 4.99 Å². The topological polar surface area (TPSA) is 74.5 Å². The minimum Gasteiger partial charge on any atom is -0.388 e. The van der Waals surface area contributed by atoms with Crippen LogP contribution in [0.1, 0.15) is 11.1 Å². The van der Waals surface area contributed by atoms with Crippen molar-refractivity contribution in [3.05, 3.63) is 35.4 Å². The van der Waals surface area contributed by atoms with Crippen molar-refractivity contribution in [3.8, 4) is 0 Å². The van der Waals surface area contributed by atoms with Crippen LogP contribution in [-0.4, -0.2) is 83.1 Å². The van der Waals surface area contributed by atoms with Gasteiger partial charge in [0.05, 0.1) is 13.3 Å². The SMILES string of the molecule is CN(C)C1=NC2C(OC(C(OCc3ccc(CCF)cc3)C(F)(F)F)C(O)C2O)S1. The number of alkyl halides is 4. The summed E-state index contributed by atoms with van der Waals surface area (Å²) in [6.45, 7) is -0.909. The lowest BCUT2D eigenvalue weighted by Crippen LogP contribution is -2.61. The average molecular weight is 452 g/mol. The maximum absolute atomic E-state index is 13.7. The van der Waals surface area contributed by atoms with E-state index in [0.717, 1.165) is 17.3 Å². The van der Waals surface area contributed by atoms with Crippen LogP contribution in [0.2, 0.25) is 0 Å². The fourth-order valence-electron chi connectivity index (χ4n) is 3.31. The lowest BCUT2D eigenvalue weighted by molar-refractivity contribution is -0.286. The van der Waals surface area contributed by atoms with Crippen molar-refractivity contribution >= 4 is 16.9 Å². The summed E-state index contributed by atoms with van der Waals surface area (Å²) in [5.74, 6) is 0. The van der Waals surface area contributed by atoms with Crippen molar-refractivity contribution < 1.29 is 37.2 Å². The molecule has 11 heteroatoms. The largest absolute Gasteiger partial charge is 0.417 e. The highest BCUT2D eigenvalue weighted by Gasteiger charge is 2.57. The van der Waals surface area contributed by atoms with Crippen molar-refractivity contribution in [2.75, 3.05) is 20.8 Å². The molecule has 1 fully saturated rings. The summed E-state index contributed by atoms with van der Waals surface area (Å²) in [6, 6.07) is 5.50. The van der Waals surface area contributed by atoms with Gasteiger partial charge in [-0.3, -0.25) is 9.38 Å². The van der Waals surface area contributed by atoms with Crippen LogP contribution in [0.5, 0.6) is 0 Å². The minimum atomic E-state index is -4.83. The molecule has 30 heavy (non-hydrogen) atoms. The summed E-state index contributed by atoms with van der Waals surface area (Å²) in [6.07, 6.45) is -12.2. The Morgan fingerprint density at radius 3 is 2.37 bits per heavy atom. The van der Waals surface area contributed by atoms with Gasteiger partial charge in [0, 0.05) is 20.5 Å². The number of ether oxygens (including phenoxy) is 2. The van der Waals surface area contributed by atoms with Crippen LogP contribution in [0.25, 0.3) is 0 Å². The van der Waals surface area contributed by atoms with E-state index < -0.39 is 48.7 Å². The zero-order valence-electron chi connectivity index (χ0n) is 16.4. The molecule has 2 aliphatic rings. The van der Waals surface area contributed by atoms with Crippen molar-refractivity contribution in [2.45, 2.75) is 55.1 Å². The monoisotopic (exact) mass is 452 g/mol. The summed E-state index contributed by atoms with van der Waals surface area (Å²) in [5, 5.41) is 21.2. The van der Waals surface area contributed by atoms with Gasteiger partial charge in [0.1, 0.15) is 29.8 Å². The number of fused-ring (bicyclic) bond motifs is 1. The number of hydrogen-bond acceptors (Lipinski definition) is 7. The first-order valence-corrected chi connectivity index (χ1v) is 10.2. The highest BCUT2D eigenvalue weighted by Crippen LogP contribution is 2.41. The smallest absolute Gasteiger partial charge is 0.388 e. The molecular formula is C19H24F4N2O4S. The number of aliphatic hydroxyl groups is 2. The summed E-state index contributed by atoms with van der Waals surface area (Å²) in [5.41, 5.74) is 0.326. The van der Waals surface area contributed by atoms with Gasteiger partial charge in [-0.05, 0) is 11.1 Å². The maximum atomic E-state index is 13.7. The van der Waals surface area contributed by atoms with Crippen molar-refractivity contribution in [3.63, 3.8) is 0 Å². The Balaban J connectivity index is 1.72. The van der Waals surface area contributed by atoms with E-state index >= 15 is 0 Å². The third-order valence-corrected chi connectivity index (χ3v) is 6.23. The number of rotatable bonds is 6. The number of nitrogens with zero attached hydrogens (tertiary/aromatic N) is 2. The first-order valence-electron chi connectivity index (χ1n) is 9.37. The number of aliphatic hydroxyl groups excluding tert-OH is 2. The summed E-state index contributed by atoms with van der Waals surface area (Å²) in [7, 11) is 3.42. The van der Waals surface area contributed by atoms with Crippen molar-refractivity contribution in [1.29, 1.82) is 0 Å². The number of amidine groups is 1. The molecule has 0 aliphatic carbocycles. The van der Waals surface area contributed by atoms with Gasteiger partial charge in [-0.2, -0.15) is 13.2 Å². The Labute approximate surface area is 175 Å². The van der Waals surface area contributed by atoms with Gasteiger partial charge in [0.2, 0.25) is 0 Å². The van der Waals surface area contributed by atoms with Crippen LogP contribution in [0.4, 0.5) is 17.6 Å². The van der Waals surface area contributed by atoms with Crippen LogP contribution in [0, 0.1) is 0 Å². The van der Waals surface area contributed by atoms with E-state index in [0.29, 0.717) is 10.7 Å². The molecule has 1 aromatic rings. The minimum absolute atomic E-state index is 0.226. The van der Waals surface area contributed by atoms with Gasteiger partial charge in [-0.1, -0.05) is 36.0 Å². The predicted molar refractivity (Wildman–Crippen MR) is 104 cm³/mol. The predicted octanol–water partition coefficient (Wildman–Crippen LogP) is 2.13. The van der Waals surface area contributed by atoms with Crippen LogP contribution in [0.3, 0.4) is 0 Å². The molecule has 3 rings (SSSR count). The van der Waals surface area contributed by atoms with E-state index in [1.165, 1.54) is 0 Å². The quantitative estimate of drug-likeness (QED) is 0.645. The van der Waals surface area contributed by atoms with Crippen LogP contribution >= 0.6 is 11.8 Å². The summed E-state index contributed by atoms with van der Waals surface area (Å²) >= 11 is 1.09. The highest BCUT2D eigenvalue weighted by atomic mass is 32.2. The molecule has 0 radical (unpaired) electrons. The third kappa shape index (κ3) is 5.08. The molecule has 2 heterocycles. The molecule has 0 saturated carbocycles. The van der Waals surface area contributed by atoms with Gasteiger partial charge in [-0.15, -0.1) is 0 Å². The number of aryl methyl sites for hydroxylation is 1. The molecule has 2 aliphatic heterocycles. The van der Waals surface area contributed by atoms with Crippen LogP contribution in [0.15, 0.2) is 29.3 Å². The second-order valence-electron chi connectivity index (χ2n) is 7.39. The summed E-state index contributed by atoms with van der Waals surface area (Å²) < 4.78 is 64.2. The Bertz CT molecular complexity index is 747. The number of aliphatic imine (C=N–C) groups is 1. The lowest BCUT2D eigenvalue weighted by Gasteiger charge is -2.41. The maximum Gasteiger partial charge on any atom is 0.417 e. The number of halogens is 4. The van der Waals surface area contributed by atoms with Crippen LogP contribution in [-0.2, 0) is 22.5 Å². The molecule has 0 bridgehead atoms. The Hall–Kier alpha value is -1.40. The Morgan fingerprint density at radius 2 is 1.80 bits per heavy atom. The second kappa shape index (κ2) is 9.39. The molecule has 6 unspecified atom stereocenters. The molecule has 0 amide bonds. The zero-order valence-corrected chi connectivity index (χ0v) is 17.2. The number of benzene rings is 1. The molecular weight excluding hydrogens is 428 g/mol. The van der Waals surface area contributed by atoms with Gasteiger partial charge < -0.3 is 24.6 Å². The van der Waals surface area contributed by atoms with Gasteiger partial charge in [0.25, 0.3) is 0 Å². The number of hydrogen-bond donors (Lipinski definition) is 2. The van der Waals surface area contributed by atoms with E-state index in [4.69, 9.17) is 9.47 Å². The van der Waals surface area contributed by atoms with Crippen molar-refractivity contribution in [2.24, 2.45) is 4.99 Å². The molecule has 1 aromatic carbocycles. The van der Waals surface area contributed by atoms with Gasteiger partial charge >= 0.3 is 6.18 Å². The zero-order chi connectivity index (χ0) is 22.1. The van der Waals surface area contributed by atoms with E-state index in [9.17, 15) is 27.8 Å². The molecule has 0 spiro atoms. The molecule has 1 saturated heterocycles. The lowest BCUT2D eigenvalue weighted by atomic mass is 9.94. The molecule has 168 valence electrons. The standard InChI is InChI=1S/C19H24F4N2O4S/c1-25(2)18-24-12-13(26)14(27)15(29-17(12)30-18)16(19(21,22)23)28-9-11-5-3-10(4-6-11)7-8-20/h3-6,12-17,26-27H,7-9H2,1-2H3. The first-order chi connectivity index (χ1) is 14.1. The van der Waals surface area contributed by atoms with Gasteiger partial charge in [0.15, 0.2) is 11.3 Å². The van der Waals surface area contributed by atoms with E-state index in [1.54, 1.807) is 43.3 Å². The van der Waals surface area contributed by atoms with Crippen LogP contribution < -0.4 is 0 Å². The Kier molecular flexibility index (Phi) is 7.28. The van der Waals surface area contributed by atoms with E-state index in [1.807, 2.05) is 0 Å². The van der Waals surface area contributed by atoms with Gasteiger partial charge in [-0.25, -0.2) is 0 Å². The second-order valence-corrected chi connectivity index (χ2v) is 8.46. The highest BCUT2D eigenvalue weighted by molar-refractivity contribution is 8.14. The third-order valence-electron chi connectivity index (χ3n) is 4.93. The first kappa shape index (κ1) is 23.3. The normalized spacial score (nSPS) is 30.0. The van der Waals surface area contributed by atoms with Crippen molar-refractivity contribution in [1.82, 2.24) is 4.90 Å². The molecule has 6 atom stereocenters. The fraction of sp³-hybridized carbons (Fsp3) is 0.632. The average Bonchev–Trinajstić information content (AvgIpc) is 3.11. The molecule has 2 N–H and O–H groups in total.